The third kappa shape index (κ3) is 2.07. The SMILES string of the molecule is C[n+]1[nH]oc(=O)c1C([O-])=Nc1ccccc1F. The zero-order valence-electron chi connectivity index (χ0n) is 8.81. The molecule has 0 radical (unpaired) electrons. The van der Waals surface area contributed by atoms with E-state index in [1.165, 1.54) is 31.3 Å². The third-order valence-electron chi connectivity index (χ3n) is 2.08. The molecule has 6 nitrogen and oxygen atoms in total. The summed E-state index contributed by atoms with van der Waals surface area (Å²) in [6.45, 7) is 0. The summed E-state index contributed by atoms with van der Waals surface area (Å²) in [5, 5.41) is 13.8. The molecule has 1 aromatic heterocycles. The van der Waals surface area contributed by atoms with E-state index in [0.29, 0.717) is 0 Å². The van der Waals surface area contributed by atoms with Gasteiger partial charge in [-0.1, -0.05) is 16.8 Å². The van der Waals surface area contributed by atoms with E-state index in [4.69, 9.17) is 0 Å². The number of aliphatic imine (C=N–C) groups is 1. The highest BCUT2D eigenvalue weighted by molar-refractivity contribution is 5.88. The van der Waals surface area contributed by atoms with Crippen LogP contribution in [-0.2, 0) is 7.05 Å². The highest BCUT2D eigenvalue weighted by Crippen LogP contribution is 2.16. The van der Waals surface area contributed by atoms with Gasteiger partial charge in [0, 0.05) is 0 Å². The first-order chi connectivity index (χ1) is 8.09. The number of nitrogens with zero attached hydrogens (tertiary/aromatic N) is 2. The fourth-order valence-electron chi connectivity index (χ4n) is 1.28. The number of hydrogen-bond donors (Lipinski definition) is 1. The van der Waals surface area contributed by atoms with Gasteiger partial charge in [-0.15, -0.1) is 0 Å². The van der Waals surface area contributed by atoms with Crippen molar-refractivity contribution < 1.29 is 18.7 Å². The van der Waals surface area contributed by atoms with Crippen LogP contribution in [0.15, 0.2) is 38.6 Å². The van der Waals surface area contributed by atoms with Crippen LogP contribution < -0.4 is 15.4 Å². The molecule has 2 aromatic rings. The van der Waals surface area contributed by atoms with E-state index in [1.807, 2.05) is 0 Å². The van der Waals surface area contributed by atoms with Crippen molar-refractivity contribution in [1.29, 1.82) is 0 Å². The summed E-state index contributed by atoms with van der Waals surface area (Å²) in [7, 11) is 1.41. The number of benzene rings is 1. The number of halogens is 1. The lowest BCUT2D eigenvalue weighted by Crippen LogP contribution is -2.43. The molecule has 0 atom stereocenters. The summed E-state index contributed by atoms with van der Waals surface area (Å²) in [6.07, 6.45) is 0. The van der Waals surface area contributed by atoms with Crippen LogP contribution >= 0.6 is 0 Å². The normalized spacial score (nSPS) is 11.8. The predicted molar refractivity (Wildman–Crippen MR) is 53.1 cm³/mol. The summed E-state index contributed by atoms with van der Waals surface area (Å²) in [6, 6.07) is 5.52. The van der Waals surface area contributed by atoms with Crippen molar-refractivity contribution in [1.82, 2.24) is 5.27 Å². The summed E-state index contributed by atoms with van der Waals surface area (Å²) in [5.74, 6) is -1.50. The average Bonchev–Trinajstić information content (AvgIpc) is 2.62. The van der Waals surface area contributed by atoms with Gasteiger partial charge < -0.3 is 5.11 Å². The van der Waals surface area contributed by atoms with E-state index in [9.17, 15) is 14.3 Å². The van der Waals surface area contributed by atoms with Crippen LogP contribution in [0.25, 0.3) is 0 Å². The summed E-state index contributed by atoms with van der Waals surface area (Å²) in [5.41, 5.74) is -1.27. The number of nitrogens with one attached hydrogen (secondary N) is 1. The third-order valence-corrected chi connectivity index (χ3v) is 2.08. The molecule has 0 saturated heterocycles. The van der Waals surface area contributed by atoms with Crippen LogP contribution in [0.3, 0.4) is 0 Å². The van der Waals surface area contributed by atoms with Crippen molar-refractivity contribution in [3.8, 4) is 0 Å². The van der Waals surface area contributed by atoms with Crippen molar-refractivity contribution in [2.45, 2.75) is 0 Å². The molecule has 0 fully saturated rings. The van der Waals surface area contributed by atoms with Gasteiger partial charge in [0.1, 0.15) is 5.82 Å². The molecule has 0 bridgehead atoms. The molecule has 0 saturated carbocycles. The fraction of sp³-hybridized carbons (Fsp3) is 0.100. The van der Waals surface area contributed by atoms with Crippen molar-refractivity contribution >= 4 is 11.6 Å². The average molecular weight is 237 g/mol. The Morgan fingerprint density at radius 3 is 2.82 bits per heavy atom. The minimum absolute atomic E-state index is 0.127. The highest BCUT2D eigenvalue weighted by Gasteiger charge is 2.17. The van der Waals surface area contributed by atoms with E-state index in [1.54, 1.807) is 0 Å². The molecule has 0 spiro atoms. The maximum absolute atomic E-state index is 13.2. The van der Waals surface area contributed by atoms with Crippen molar-refractivity contribution in [3.63, 3.8) is 0 Å². The molecule has 1 heterocycles. The van der Waals surface area contributed by atoms with Crippen LogP contribution in [0.1, 0.15) is 5.69 Å². The summed E-state index contributed by atoms with van der Waals surface area (Å²) in [4.78, 5) is 14.7. The summed E-state index contributed by atoms with van der Waals surface area (Å²) < 4.78 is 18.7. The number of para-hydroxylation sites is 1. The smallest absolute Gasteiger partial charge is 0.435 e. The largest absolute Gasteiger partial charge is 0.854 e. The van der Waals surface area contributed by atoms with E-state index in [2.05, 4.69) is 14.8 Å². The van der Waals surface area contributed by atoms with Crippen molar-refractivity contribution in [3.05, 3.63) is 46.2 Å². The molecule has 7 heteroatoms. The quantitative estimate of drug-likeness (QED) is 0.428. The van der Waals surface area contributed by atoms with E-state index < -0.39 is 17.3 Å². The van der Waals surface area contributed by atoms with Crippen molar-refractivity contribution in [2.24, 2.45) is 12.0 Å². The maximum Gasteiger partial charge on any atom is 0.435 e. The second-order valence-corrected chi connectivity index (χ2v) is 3.26. The van der Waals surface area contributed by atoms with Crippen LogP contribution in [0.4, 0.5) is 10.1 Å². The Bertz CT molecular complexity index is 630. The number of aryl methyl sites for hydroxylation is 1. The fourth-order valence-corrected chi connectivity index (χ4v) is 1.28. The Balaban J connectivity index is 2.49. The number of aromatic amines is 1. The van der Waals surface area contributed by atoms with Gasteiger partial charge in [-0.05, 0) is 17.4 Å². The molecule has 0 aliphatic rings. The van der Waals surface area contributed by atoms with Crippen LogP contribution in [-0.4, -0.2) is 11.2 Å². The number of H-pyrrole nitrogens is 1. The molecule has 17 heavy (non-hydrogen) atoms. The van der Waals surface area contributed by atoms with Gasteiger partial charge in [0.25, 0.3) is 0 Å². The molecule has 0 amide bonds. The molecule has 0 aliphatic carbocycles. The Morgan fingerprint density at radius 1 is 1.53 bits per heavy atom. The zero-order valence-corrected chi connectivity index (χ0v) is 8.81. The second kappa shape index (κ2) is 4.20. The summed E-state index contributed by atoms with van der Waals surface area (Å²) >= 11 is 0. The Morgan fingerprint density at radius 2 is 2.24 bits per heavy atom. The van der Waals surface area contributed by atoms with E-state index >= 15 is 0 Å². The zero-order chi connectivity index (χ0) is 12.4. The molecule has 1 aromatic carbocycles. The minimum atomic E-state index is -0.868. The number of aromatic nitrogens is 2. The highest BCUT2D eigenvalue weighted by atomic mass is 19.1. The molecular formula is C10H8FN3O3. The van der Waals surface area contributed by atoms with Gasteiger partial charge in [-0.3, -0.25) is 9.52 Å². The number of hydrogen-bond acceptors (Lipinski definition) is 4. The van der Waals surface area contributed by atoms with Gasteiger partial charge >= 0.3 is 11.3 Å². The van der Waals surface area contributed by atoms with Gasteiger partial charge in [0.15, 0.2) is 7.05 Å². The Hall–Kier alpha value is -2.44. The van der Waals surface area contributed by atoms with E-state index in [-0.39, 0.29) is 11.4 Å². The molecule has 0 aliphatic heterocycles. The lowest BCUT2D eigenvalue weighted by molar-refractivity contribution is -0.742. The van der Waals surface area contributed by atoms with Crippen LogP contribution in [0, 0.1) is 5.82 Å². The molecule has 88 valence electrons. The molecule has 0 unspecified atom stereocenters. The molecule has 1 N–H and O–H groups in total. The maximum atomic E-state index is 13.2. The van der Waals surface area contributed by atoms with Crippen molar-refractivity contribution in [2.75, 3.05) is 0 Å². The first kappa shape index (κ1) is 11.1. The minimum Gasteiger partial charge on any atom is -0.854 e. The number of rotatable bonds is 2. The second-order valence-electron chi connectivity index (χ2n) is 3.26. The lowest BCUT2D eigenvalue weighted by Gasteiger charge is -2.03. The monoisotopic (exact) mass is 237 g/mol. The standard InChI is InChI=1S/C10H8FN3O3/c1-14-8(10(16)17-13-14)9(15)12-7-5-3-2-4-6(7)11/h2-5H,1H3,(H-,12,13,15,16). The Kier molecular flexibility index (Phi) is 2.73. The first-order valence-electron chi connectivity index (χ1n) is 4.67. The lowest BCUT2D eigenvalue weighted by atomic mass is 10.3. The molecule has 2 rings (SSSR count). The molecular weight excluding hydrogens is 229 g/mol. The van der Waals surface area contributed by atoms with Gasteiger partial charge in [-0.25, -0.2) is 9.18 Å². The predicted octanol–water partition coefficient (Wildman–Crippen LogP) is -0.630. The van der Waals surface area contributed by atoms with Gasteiger partial charge in [-0.2, -0.15) is 0 Å². The van der Waals surface area contributed by atoms with Gasteiger partial charge in [0.2, 0.25) is 0 Å². The van der Waals surface area contributed by atoms with Gasteiger partial charge in [0.05, 0.1) is 11.6 Å². The topological polar surface area (TPSA) is 85.3 Å². The van der Waals surface area contributed by atoms with Crippen LogP contribution in [0.5, 0.6) is 0 Å². The van der Waals surface area contributed by atoms with E-state index in [0.717, 1.165) is 4.68 Å². The first-order valence-corrected chi connectivity index (χ1v) is 4.67. The van der Waals surface area contributed by atoms with Crippen LogP contribution in [0.2, 0.25) is 0 Å². The Labute approximate surface area is 94.6 Å².